The van der Waals surface area contributed by atoms with Gasteiger partial charge in [-0.2, -0.15) is 10.5 Å². The van der Waals surface area contributed by atoms with Crippen LogP contribution in [0.15, 0.2) is 59.6 Å². The summed E-state index contributed by atoms with van der Waals surface area (Å²) >= 11 is 6.47. The van der Waals surface area contributed by atoms with E-state index in [-0.39, 0.29) is 31.8 Å². The monoisotopic (exact) mass is 962 g/mol. The van der Waals surface area contributed by atoms with Gasteiger partial charge in [-0.05, 0) is 87.6 Å². The standard InChI is InChI=1S/C45H59ClF3N6O5P.C3H8O2/c46-38-18-15-16-19-41(38)60-61(58-32-45(31-51)24-23-42(59-45)39-21-22-40-44(52)53-33-54-55(39)40)57-30-37(56-29-35-25-34(28-50)26-36(47)27-35)17-13-11-9-7-5-3-1-2-4-6-8-10-12-14-20-43(48)49;1-3(2,4)5/h15-16,18-19,21-22,25-27,37,42-43,54H,1-14,17,20,23-24,29-30,32-33H2,(H2,52,53);4-5H,1-2H3. The van der Waals surface area contributed by atoms with Crippen molar-refractivity contribution in [1.82, 2.24) is 4.68 Å². The SMILES string of the molecule is CC(C)(O)O.N#Cc1cc(F)cc(COC(CCCCCCCCCCCCCCCCC(F)F)COP(OCC2(C#N)CCC(c3ccc4n3NCN=C4N)O2)Oc2ccccc2Cl)c1. The Morgan fingerprint density at radius 2 is 1.56 bits per heavy atom. The molecule has 2 aromatic carbocycles. The highest BCUT2D eigenvalue weighted by Crippen LogP contribution is 2.47. The van der Waals surface area contributed by atoms with Gasteiger partial charge in [0, 0.05) is 6.42 Å². The molecular formula is C48H67ClF3N6O7P. The van der Waals surface area contributed by atoms with Crippen molar-refractivity contribution in [2.75, 3.05) is 25.3 Å². The quantitative estimate of drug-likeness (QED) is 0.0294. The number of fused-ring (bicyclic) bond motifs is 1. The van der Waals surface area contributed by atoms with Crippen LogP contribution in [0.25, 0.3) is 0 Å². The van der Waals surface area contributed by atoms with E-state index in [1.807, 2.05) is 22.9 Å². The second-order valence-electron chi connectivity index (χ2n) is 17.2. The van der Waals surface area contributed by atoms with Crippen molar-refractivity contribution in [3.05, 3.63) is 88.0 Å². The lowest BCUT2D eigenvalue weighted by atomic mass is 10.0. The van der Waals surface area contributed by atoms with Gasteiger partial charge in [0.25, 0.3) is 0 Å². The zero-order valence-corrected chi connectivity index (χ0v) is 39.9. The number of nitrogens with one attached hydrogen (secondary N) is 1. The largest absolute Gasteiger partial charge is 0.425 e. The Morgan fingerprint density at radius 3 is 2.17 bits per heavy atom. The third-order valence-electron chi connectivity index (χ3n) is 10.9. The Balaban J connectivity index is 0.00000180. The molecular weight excluding hydrogens is 896 g/mol. The number of ether oxygens (including phenoxy) is 2. The van der Waals surface area contributed by atoms with Gasteiger partial charge in [0.1, 0.15) is 41.9 Å². The third kappa shape index (κ3) is 20.5. The molecule has 0 bridgehead atoms. The first-order valence-electron chi connectivity index (χ1n) is 23.1. The topological polar surface area (TPSA) is 190 Å². The highest BCUT2D eigenvalue weighted by atomic mass is 35.5. The maximum absolute atomic E-state index is 14.3. The molecule has 0 radical (unpaired) electrons. The fraction of sp³-hybridized carbons (Fsp3) is 0.604. The second-order valence-corrected chi connectivity index (χ2v) is 18.8. The van der Waals surface area contributed by atoms with Crippen molar-refractivity contribution >= 4 is 26.0 Å². The summed E-state index contributed by atoms with van der Waals surface area (Å²) in [6.07, 6.45) is 13.7. The number of nitrogens with zero attached hydrogens (tertiary/aromatic N) is 4. The minimum atomic E-state index is -2.18. The molecule has 18 heteroatoms. The molecule has 1 saturated heterocycles. The Morgan fingerprint density at radius 1 is 0.939 bits per heavy atom. The van der Waals surface area contributed by atoms with E-state index in [4.69, 9.17) is 50.6 Å². The number of para-hydroxylation sites is 1. The number of nitriles is 2. The minimum absolute atomic E-state index is 0.0230. The smallest absolute Gasteiger partial charge is 0.397 e. The van der Waals surface area contributed by atoms with Gasteiger partial charge in [-0.1, -0.05) is 107 Å². The van der Waals surface area contributed by atoms with Gasteiger partial charge in [-0.15, -0.1) is 0 Å². The Kier molecular flexibility index (Phi) is 24.0. The van der Waals surface area contributed by atoms with E-state index in [1.54, 1.807) is 30.3 Å². The number of benzene rings is 2. The molecule has 5 N–H and O–H groups in total. The summed E-state index contributed by atoms with van der Waals surface area (Å²) in [5.74, 6) is -1.23. The number of aromatic nitrogens is 1. The average Bonchev–Trinajstić information content (AvgIpc) is 3.91. The molecule has 4 unspecified atom stereocenters. The first-order chi connectivity index (χ1) is 31.7. The molecule has 2 aliphatic rings. The predicted octanol–water partition coefficient (Wildman–Crippen LogP) is 11.6. The first kappa shape index (κ1) is 54.6. The Bertz CT molecular complexity index is 2010. The summed E-state index contributed by atoms with van der Waals surface area (Å²) in [5, 5.41) is 36.3. The molecule has 0 saturated carbocycles. The van der Waals surface area contributed by atoms with Gasteiger partial charge in [-0.25, -0.2) is 18.2 Å². The summed E-state index contributed by atoms with van der Waals surface area (Å²) < 4.78 is 72.1. The number of amidine groups is 1. The fourth-order valence-electron chi connectivity index (χ4n) is 7.54. The Hall–Kier alpha value is -3.96. The van der Waals surface area contributed by atoms with Crippen LogP contribution in [0, 0.1) is 28.5 Å². The minimum Gasteiger partial charge on any atom is -0.425 e. The molecule has 1 fully saturated rings. The van der Waals surface area contributed by atoms with Crippen molar-refractivity contribution in [1.29, 1.82) is 10.5 Å². The van der Waals surface area contributed by atoms with Crippen molar-refractivity contribution < 1.29 is 46.4 Å². The first-order valence-corrected chi connectivity index (χ1v) is 24.5. The number of aliphatic hydroxyl groups is 2. The molecule has 3 aromatic rings. The average molecular weight is 964 g/mol. The number of hydrogen-bond acceptors (Lipinski definition) is 12. The molecule has 4 atom stereocenters. The van der Waals surface area contributed by atoms with Crippen molar-refractivity contribution in [3.63, 3.8) is 0 Å². The predicted molar refractivity (Wildman–Crippen MR) is 250 cm³/mol. The zero-order valence-electron chi connectivity index (χ0n) is 38.2. The number of halogens is 4. The number of hydrogen-bond donors (Lipinski definition) is 4. The third-order valence-corrected chi connectivity index (χ3v) is 12.3. The van der Waals surface area contributed by atoms with Crippen molar-refractivity contribution in [2.24, 2.45) is 10.7 Å². The summed E-state index contributed by atoms with van der Waals surface area (Å²) in [5.41, 5.74) is 10.3. The van der Waals surface area contributed by atoms with Crippen LogP contribution in [0.4, 0.5) is 13.2 Å². The number of rotatable bonds is 29. The molecule has 0 aliphatic carbocycles. The number of alkyl halides is 2. The zero-order chi connectivity index (χ0) is 47.8. The van der Waals surface area contributed by atoms with Crippen LogP contribution >= 0.6 is 20.2 Å². The van der Waals surface area contributed by atoms with Crippen LogP contribution in [0.3, 0.4) is 0 Å². The van der Waals surface area contributed by atoms with Crippen LogP contribution in [-0.2, 0) is 25.1 Å². The van der Waals surface area contributed by atoms with E-state index >= 15 is 0 Å². The summed E-state index contributed by atoms with van der Waals surface area (Å²) in [6, 6.07) is 19.2. The highest BCUT2D eigenvalue weighted by Gasteiger charge is 2.44. The molecule has 5 rings (SSSR count). The summed E-state index contributed by atoms with van der Waals surface area (Å²) in [7, 11) is -2.10. The van der Waals surface area contributed by atoms with Crippen LogP contribution in [-0.4, -0.2) is 64.5 Å². The van der Waals surface area contributed by atoms with Gasteiger partial charge >= 0.3 is 8.60 Å². The maximum atomic E-state index is 14.3. The van der Waals surface area contributed by atoms with Gasteiger partial charge < -0.3 is 35.4 Å². The molecule has 3 heterocycles. The number of unbranched alkanes of at least 4 members (excludes halogenated alkanes) is 13. The molecule has 66 heavy (non-hydrogen) atoms. The van der Waals surface area contributed by atoms with Gasteiger partial charge in [0.05, 0.1) is 48.3 Å². The molecule has 13 nitrogen and oxygen atoms in total. The Labute approximate surface area is 394 Å². The van der Waals surface area contributed by atoms with Gasteiger partial charge in [0.15, 0.2) is 11.4 Å². The van der Waals surface area contributed by atoms with E-state index in [9.17, 15) is 23.7 Å². The van der Waals surface area contributed by atoms with Crippen molar-refractivity contribution in [3.8, 4) is 17.9 Å². The highest BCUT2D eigenvalue weighted by molar-refractivity contribution is 7.42. The van der Waals surface area contributed by atoms with E-state index in [1.165, 1.54) is 64.5 Å². The fourth-order valence-corrected chi connectivity index (χ4v) is 8.87. The number of nitrogens with two attached hydrogens (primary N) is 1. The normalized spacial score (nSPS) is 17.7. The van der Waals surface area contributed by atoms with Crippen LogP contribution in [0.5, 0.6) is 5.75 Å². The number of aliphatic imine (C=N–C) groups is 1. The second kappa shape index (κ2) is 29.0. The molecule has 2 aliphatic heterocycles. The van der Waals surface area contributed by atoms with Crippen LogP contribution in [0.2, 0.25) is 5.02 Å². The molecule has 0 amide bonds. The van der Waals surface area contributed by atoms with E-state index in [2.05, 4.69) is 16.5 Å². The van der Waals surface area contributed by atoms with E-state index in [0.29, 0.717) is 54.5 Å². The van der Waals surface area contributed by atoms with E-state index < -0.39 is 44.4 Å². The molecule has 1 aromatic heterocycles. The molecule has 0 spiro atoms. The van der Waals surface area contributed by atoms with Crippen LogP contribution in [0.1, 0.15) is 158 Å². The lowest BCUT2D eigenvalue weighted by Gasteiger charge is -2.26. The summed E-state index contributed by atoms with van der Waals surface area (Å²) in [6.45, 7) is 2.96. The van der Waals surface area contributed by atoms with Gasteiger partial charge in [0.2, 0.25) is 6.43 Å². The lowest BCUT2D eigenvalue weighted by Crippen LogP contribution is -2.34. The van der Waals surface area contributed by atoms with Crippen LogP contribution < -0.4 is 15.7 Å². The van der Waals surface area contributed by atoms with Crippen molar-refractivity contribution in [2.45, 2.75) is 166 Å². The molecule has 364 valence electrons. The lowest BCUT2D eigenvalue weighted by molar-refractivity contribution is -0.127. The van der Waals surface area contributed by atoms with Gasteiger partial charge in [-0.3, -0.25) is 13.7 Å². The maximum Gasteiger partial charge on any atom is 0.397 e. The van der Waals surface area contributed by atoms with E-state index in [0.717, 1.165) is 56.3 Å². The summed E-state index contributed by atoms with van der Waals surface area (Å²) in [4.78, 5) is 4.23.